The average Bonchev–Trinajstić information content (AvgIpc) is 3.16. The number of hydrogen-bond donors (Lipinski definition) is 1. The molecule has 21 heavy (non-hydrogen) atoms. The van der Waals surface area contributed by atoms with E-state index >= 15 is 0 Å². The number of aryl methyl sites for hydroxylation is 1. The molecule has 3 aromatic rings. The molecule has 0 aliphatic rings. The van der Waals surface area contributed by atoms with Gasteiger partial charge in [-0.05, 0) is 35.4 Å². The van der Waals surface area contributed by atoms with E-state index in [4.69, 9.17) is 0 Å². The van der Waals surface area contributed by atoms with Crippen molar-refractivity contribution in [3.8, 4) is 0 Å². The zero-order valence-corrected chi connectivity index (χ0v) is 13.7. The van der Waals surface area contributed by atoms with E-state index in [9.17, 15) is 0 Å². The Hall–Kier alpha value is -1.42. The maximum Gasteiger partial charge on any atom is 0.0466 e. The summed E-state index contributed by atoms with van der Waals surface area (Å²) in [5.41, 5.74) is 2.67. The zero-order chi connectivity index (χ0) is 14.5. The summed E-state index contributed by atoms with van der Waals surface area (Å²) in [5.74, 6) is 0. The Balaban J connectivity index is 1.70. The molecule has 2 heterocycles. The Morgan fingerprint density at radius 3 is 2.57 bits per heavy atom. The van der Waals surface area contributed by atoms with Gasteiger partial charge in [-0.25, -0.2) is 0 Å². The fourth-order valence-corrected chi connectivity index (χ4v) is 4.01. The summed E-state index contributed by atoms with van der Waals surface area (Å²) in [6.07, 6.45) is 1.06. The molecule has 0 fully saturated rings. The Bertz CT molecular complexity index is 656. The second-order valence-electron chi connectivity index (χ2n) is 5.22. The van der Waals surface area contributed by atoms with Crippen LogP contribution in [0.15, 0.2) is 59.3 Å². The maximum atomic E-state index is 3.72. The largest absolute Gasteiger partial charge is 0.305 e. The highest BCUT2D eigenvalue weighted by Gasteiger charge is 2.13. The first-order chi connectivity index (χ1) is 10.3. The quantitative estimate of drug-likeness (QED) is 0.660. The molecule has 0 saturated heterocycles. The number of rotatable bonds is 6. The summed E-state index contributed by atoms with van der Waals surface area (Å²) in [6.45, 7) is 3.06. The molecular formula is C18H19NS2. The first-order valence-corrected chi connectivity index (χ1v) is 8.92. The topological polar surface area (TPSA) is 12.0 Å². The van der Waals surface area contributed by atoms with Gasteiger partial charge in [0, 0.05) is 28.8 Å². The van der Waals surface area contributed by atoms with E-state index in [1.54, 1.807) is 0 Å². The van der Waals surface area contributed by atoms with Crippen molar-refractivity contribution in [3.63, 3.8) is 0 Å². The lowest BCUT2D eigenvalue weighted by atomic mass is 10.1. The molecule has 2 aromatic heterocycles. The van der Waals surface area contributed by atoms with Crippen LogP contribution in [0.2, 0.25) is 0 Å². The van der Waals surface area contributed by atoms with E-state index in [0.29, 0.717) is 6.04 Å². The van der Waals surface area contributed by atoms with Gasteiger partial charge >= 0.3 is 0 Å². The minimum absolute atomic E-state index is 0.393. The molecule has 1 aromatic carbocycles. The second kappa shape index (κ2) is 7.03. The second-order valence-corrected chi connectivity index (χ2v) is 7.23. The SMILES string of the molecule is Cc1cccc(CNC(Cc2cccs2)c2cccs2)c1. The van der Waals surface area contributed by atoms with Gasteiger partial charge in [-0.15, -0.1) is 22.7 Å². The van der Waals surface area contributed by atoms with Gasteiger partial charge in [0.25, 0.3) is 0 Å². The lowest BCUT2D eigenvalue weighted by molar-refractivity contribution is 0.541. The Morgan fingerprint density at radius 1 is 1.00 bits per heavy atom. The van der Waals surface area contributed by atoms with Crippen LogP contribution >= 0.6 is 22.7 Å². The van der Waals surface area contributed by atoms with E-state index in [1.807, 2.05) is 22.7 Å². The lowest BCUT2D eigenvalue weighted by Crippen LogP contribution is -2.21. The van der Waals surface area contributed by atoms with Crippen LogP contribution in [0.25, 0.3) is 0 Å². The van der Waals surface area contributed by atoms with Crippen LogP contribution < -0.4 is 5.32 Å². The minimum Gasteiger partial charge on any atom is -0.305 e. The van der Waals surface area contributed by atoms with E-state index in [0.717, 1.165) is 13.0 Å². The molecule has 0 amide bonds. The van der Waals surface area contributed by atoms with E-state index in [-0.39, 0.29) is 0 Å². The molecule has 108 valence electrons. The first kappa shape index (κ1) is 14.5. The molecule has 0 aliphatic heterocycles. The maximum absolute atomic E-state index is 3.72. The van der Waals surface area contributed by atoms with Crippen LogP contribution in [0, 0.1) is 6.92 Å². The Morgan fingerprint density at radius 2 is 1.86 bits per heavy atom. The molecule has 0 radical (unpaired) electrons. The molecule has 1 nitrogen and oxygen atoms in total. The van der Waals surface area contributed by atoms with Gasteiger partial charge in [-0.2, -0.15) is 0 Å². The van der Waals surface area contributed by atoms with E-state index in [2.05, 4.69) is 71.5 Å². The summed E-state index contributed by atoms with van der Waals surface area (Å²) in [6, 6.07) is 17.8. The minimum atomic E-state index is 0.393. The molecule has 3 heteroatoms. The summed E-state index contributed by atoms with van der Waals surface area (Å²) >= 11 is 3.67. The van der Waals surface area contributed by atoms with Crippen LogP contribution in [-0.4, -0.2) is 0 Å². The number of benzene rings is 1. The third-order valence-electron chi connectivity index (χ3n) is 3.51. The Labute approximate surface area is 134 Å². The number of thiophene rings is 2. The van der Waals surface area contributed by atoms with Gasteiger partial charge in [0.05, 0.1) is 0 Å². The monoisotopic (exact) mass is 313 g/mol. The normalized spacial score (nSPS) is 12.4. The van der Waals surface area contributed by atoms with Gasteiger partial charge in [-0.3, -0.25) is 0 Å². The predicted molar refractivity (Wildman–Crippen MR) is 93.1 cm³/mol. The van der Waals surface area contributed by atoms with E-state index < -0.39 is 0 Å². The molecule has 0 aliphatic carbocycles. The van der Waals surface area contributed by atoms with Crippen molar-refractivity contribution in [2.45, 2.75) is 25.9 Å². The molecule has 0 saturated carbocycles. The molecule has 1 N–H and O–H groups in total. The number of nitrogens with one attached hydrogen (secondary N) is 1. The molecule has 1 unspecified atom stereocenters. The summed E-state index contributed by atoms with van der Waals surface area (Å²) in [5, 5.41) is 8.03. The third kappa shape index (κ3) is 4.03. The number of hydrogen-bond acceptors (Lipinski definition) is 3. The van der Waals surface area contributed by atoms with Crippen LogP contribution in [0.4, 0.5) is 0 Å². The highest BCUT2D eigenvalue weighted by atomic mass is 32.1. The Kier molecular flexibility index (Phi) is 4.86. The van der Waals surface area contributed by atoms with Gasteiger partial charge in [-0.1, -0.05) is 42.0 Å². The van der Waals surface area contributed by atoms with Gasteiger partial charge in [0.2, 0.25) is 0 Å². The molecular weight excluding hydrogens is 294 g/mol. The fraction of sp³-hybridized carbons (Fsp3) is 0.222. The van der Waals surface area contributed by atoms with Crippen molar-refractivity contribution in [2.24, 2.45) is 0 Å². The van der Waals surface area contributed by atoms with Gasteiger partial charge in [0.1, 0.15) is 0 Å². The molecule has 1 atom stereocenters. The lowest BCUT2D eigenvalue weighted by Gasteiger charge is -2.17. The van der Waals surface area contributed by atoms with Crippen molar-refractivity contribution in [1.29, 1.82) is 0 Å². The van der Waals surface area contributed by atoms with Crippen LogP contribution in [0.1, 0.15) is 26.9 Å². The van der Waals surface area contributed by atoms with Crippen LogP contribution in [-0.2, 0) is 13.0 Å². The molecule has 0 bridgehead atoms. The van der Waals surface area contributed by atoms with Crippen molar-refractivity contribution < 1.29 is 0 Å². The summed E-state index contributed by atoms with van der Waals surface area (Å²) in [7, 11) is 0. The van der Waals surface area contributed by atoms with Gasteiger partial charge in [0.15, 0.2) is 0 Å². The van der Waals surface area contributed by atoms with Crippen molar-refractivity contribution in [2.75, 3.05) is 0 Å². The van der Waals surface area contributed by atoms with Crippen molar-refractivity contribution in [3.05, 3.63) is 80.2 Å². The van der Waals surface area contributed by atoms with Crippen molar-refractivity contribution >= 4 is 22.7 Å². The molecule has 3 rings (SSSR count). The van der Waals surface area contributed by atoms with Gasteiger partial charge < -0.3 is 5.32 Å². The average molecular weight is 313 g/mol. The third-order valence-corrected chi connectivity index (χ3v) is 5.39. The fourth-order valence-electron chi connectivity index (χ4n) is 2.46. The highest BCUT2D eigenvalue weighted by Crippen LogP contribution is 2.25. The predicted octanol–water partition coefficient (Wildman–Crippen LogP) is 5.19. The van der Waals surface area contributed by atoms with Crippen molar-refractivity contribution in [1.82, 2.24) is 5.32 Å². The smallest absolute Gasteiger partial charge is 0.0466 e. The summed E-state index contributed by atoms with van der Waals surface area (Å²) in [4.78, 5) is 2.85. The van der Waals surface area contributed by atoms with Crippen LogP contribution in [0.3, 0.4) is 0 Å². The first-order valence-electron chi connectivity index (χ1n) is 7.16. The standard InChI is InChI=1S/C18H19NS2/c1-14-5-2-6-15(11-14)13-19-17(18-8-4-10-21-18)12-16-7-3-9-20-16/h2-11,17,19H,12-13H2,1H3. The van der Waals surface area contributed by atoms with E-state index in [1.165, 1.54) is 20.9 Å². The zero-order valence-electron chi connectivity index (χ0n) is 12.1. The molecule has 0 spiro atoms. The van der Waals surface area contributed by atoms with Crippen LogP contribution in [0.5, 0.6) is 0 Å². The summed E-state index contributed by atoms with van der Waals surface area (Å²) < 4.78 is 0. The highest BCUT2D eigenvalue weighted by molar-refractivity contribution is 7.10.